The van der Waals surface area contributed by atoms with Gasteiger partial charge in [-0.25, -0.2) is 4.39 Å². The molecule has 1 amide bonds. The zero-order valence-electron chi connectivity index (χ0n) is 16.1. The minimum absolute atomic E-state index is 0.0625. The summed E-state index contributed by atoms with van der Waals surface area (Å²) in [6.07, 6.45) is 0.658. The van der Waals surface area contributed by atoms with Crippen LogP contribution in [0.3, 0.4) is 0 Å². The third-order valence-electron chi connectivity index (χ3n) is 4.50. The molecule has 28 heavy (non-hydrogen) atoms. The monoisotopic (exact) mass is 398 g/mol. The smallest absolute Gasteiger partial charge is 0.233 e. The molecule has 0 saturated carbocycles. The minimum Gasteiger partial charge on any atom is -0.355 e. The largest absolute Gasteiger partial charge is 0.355 e. The first-order valence-corrected chi connectivity index (χ1v) is 9.98. The first kappa shape index (κ1) is 20.1. The maximum atomic E-state index is 12.9. The third kappa shape index (κ3) is 4.78. The maximum Gasteiger partial charge on any atom is 0.233 e. The van der Waals surface area contributed by atoms with Gasteiger partial charge in [0.15, 0.2) is 11.0 Å². The molecule has 2 aromatic carbocycles. The Morgan fingerprint density at radius 1 is 1.18 bits per heavy atom. The topological polar surface area (TPSA) is 59.8 Å². The van der Waals surface area contributed by atoms with Crippen LogP contribution in [-0.2, 0) is 18.3 Å². The number of benzene rings is 2. The van der Waals surface area contributed by atoms with E-state index in [9.17, 15) is 9.18 Å². The number of nitrogens with zero attached hydrogens (tertiary/aromatic N) is 3. The van der Waals surface area contributed by atoms with Crippen molar-refractivity contribution in [3.63, 3.8) is 0 Å². The molecule has 146 valence electrons. The van der Waals surface area contributed by atoms with E-state index < -0.39 is 0 Å². The maximum absolute atomic E-state index is 12.9. The van der Waals surface area contributed by atoms with Gasteiger partial charge in [0.05, 0.1) is 5.25 Å². The molecule has 0 saturated heterocycles. The molecule has 0 aliphatic heterocycles. The Morgan fingerprint density at radius 2 is 1.89 bits per heavy atom. The van der Waals surface area contributed by atoms with Crippen molar-refractivity contribution in [3.8, 4) is 11.4 Å². The van der Waals surface area contributed by atoms with Crippen molar-refractivity contribution in [2.45, 2.75) is 30.7 Å². The van der Waals surface area contributed by atoms with Gasteiger partial charge >= 0.3 is 0 Å². The Labute approximate surface area is 168 Å². The van der Waals surface area contributed by atoms with Crippen LogP contribution >= 0.6 is 11.8 Å². The van der Waals surface area contributed by atoms with Gasteiger partial charge in [0.25, 0.3) is 0 Å². The fraction of sp³-hybridized carbons (Fsp3) is 0.286. The van der Waals surface area contributed by atoms with Crippen LogP contribution < -0.4 is 5.32 Å². The zero-order valence-corrected chi connectivity index (χ0v) is 17.0. The Hall–Kier alpha value is -2.67. The molecule has 0 aliphatic rings. The lowest BCUT2D eigenvalue weighted by Gasteiger charge is -2.12. The first-order valence-electron chi connectivity index (χ1n) is 9.10. The van der Waals surface area contributed by atoms with E-state index in [0.717, 1.165) is 22.5 Å². The number of halogens is 1. The summed E-state index contributed by atoms with van der Waals surface area (Å²) in [5, 5.41) is 11.9. The van der Waals surface area contributed by atoms with E-state index in [2.05, 4.69) is 15.5 Å². The predicted molar refractivity (Wildman–Crippen MR) is 110 cm³/mol. The molecule has 0 unspecified atom stereocenters. The van der Waals surface area contributed by atoms with Crippen molar-refractivity contribution >= 4 is 17.7 Å². The third-order valence-corrected chi connectivity index (χ3v) is 5.63. The second-order valence-corrected chi connectivity index (χ2v) is 7.92. The molecule has 3 aromatic rings. The summed E-state index contributed by atoms with van der Waals surface area (Å²) >= 11 is 1.38. The minimum atomic E-state index is -0.305. The molecule has 1 atom stereocenters. The number of carbonyl (C=O) groups excluding carboxylic acids is 1. The molecule has 1 heterocycles. The van der Waals surface area contributed by atoms with Gasteiger partial charge in [-0.15, -0.1) is 10.2 Å². The highest BCUT2D eigenvalue weighted by atomic mass is 32.2. The number of thioether (sulfide) groups is 1. The highest BCUT2D eigenvalue weighted by Crippen LogP contribution is 2.27. The fourth-order valence-corrected chi connectivity index (χ4v) is 3.65. The molecule has 1 N–H and O–H groups in total. The normalized spacial score (nSPS) is 12.0. The van der Waals surface area contributed by atoms with Crippen LogP contribution in [0.2, 0.25) is 0 Å². The molecule has 7 heteroatoms. The molecule has 1 aromatic heterocycles. The lowest BCUT2D eigenvalue weighted by Crippen LogP contribution is -2.32. The van der Waals surface area contributed by atoms with Gasteiger partial charge in [0.1, 0.15) is 5.82 Å². The second-order valence-electron chi connectivity index (χ2n) is 6.61. The summed E-state index contributed by atoms with van der Waals surface area (Å²) in [6.45, 7) is 4.39. The van der Waals surface area contributed by atoms with Gasteiger partial charge in [-0.05, 0) is 43.5 Å². The average Bonchev–Trinajstić information content (AvgIpc) is 3.04. The Morgan fingerprint density at radius 3 is 2.61 bits per heavy atom. The highest BCUT2D eigenvalue weighted by Gasteiger charge is 2.19. The van der Waals surface area contributed by atoms with Crippen molar-refractivity contribution in [1.82, 2.24) is 20.1 Å². The average molecular weight is 399 g/mol. The van der Waals surface area contributed by atoms with Crippen LogP contribution in [0, 0.1) is 12.7 Å². The fourth-order valence-electron chi connectivity index (χ4n) is 2.81. The first-order chi connectivity index (χ1) is 13.5. The van der Waals surface area contributed by atoms with E-state index in [1.165, 1.54) is 23.9 Å². The number of rotatable bonds is 7. The summed E-state index contributed by atoms with van der Waals surface area (Å²) in [5.74, 6) is 0.462. The van der Waals surface area contributed by atoms with Gasteiger partial charge in [-0.1, -0.05) is 48.2 Å². The molecule has 0 spiro atoms. The van der Waals surface area contributed by atoms with E-state index in [1.54, 1.807) is 12.1 Å². The molecular weight excluding hydrogens is 375 g/mol. The summed E-state index contributed by atoms with van der Waals surface area (Å²) in [4.78, 5) is 12.4. The summed E-state index contributed by atoms with van der Waals surface area (Å²) in [6, 6.07) is 14.3. The van der Waals surface area contributed by atoms with E-state index in [0.29, 0.717) is 18.1 Å². The molecule has 0 bridgehead atoms. The number of amides is 1. The van der Waals surface area contributed by atoms with Crippen LogP contribution in [0.15, 0.2) is 53.7 Å². The summed E-state index contributed by atoms with van der Waals surface area (Å²) in [5.41, 5.74) is 3.14. The van der Waals surface area contributed by atoms with Gasteiger partial charge in [0, 0.05) is 19.2 Å². The summed E-state index contributed by atoms with van der Waals surface area (Å²) in [7, 11) is 1.91. The Kier molecular flexibility index (Phi) is 6.46. The van der Waals surface area contributed by atoms with Crippen molar-refractivity contribution in [2.75, 3.05) is 6.54 Å². The number of carbonyl (C=O) groups is 1. The lowest BCUT2D eigenvalue weighted by molar-refractivity contribution is -0.120. The lowest BCUT2D eigenvalue weighted by atomic mass is 10.1. The van der Waals surface area contributed by atoms with Crippen molar-refractivity contribution in [3.05, 3.63) is 65.5 Å². The van der Waals surface area contributed by atoms with Gasteiger partial charge in [0.2, 0.25) is 5.91 Å². The SMILES string of the molecule is Cc1ccccc1-c1nnc(S[C@@H](C)C(=O)NCCc2ccc(F)cc2)n1C. The zero-order chi connectivity index (χ0) is 20.1. The molecule has 5 nitrogen and oxygen atoms in total. The van der Waals surface area contributed by atoms with Gasteiger partial charge < -0.3 is 9.88 Å². The predicted octanol–water partition coefficient (Wildman–Crippen LogP) is 3.77. The second kappa shape index (κ2) is 9.01. The van der Waals surface area contributed by atoms with E-state index in [4.69, 9.17) is 0 Å². The van der Waals surface area contributed by atoms with E-state index >= 15 is 0 Å². The molecule has 0 fully saturated rings. The Bertz CT molecular complexity index is 955. The van der Waals surface area contributed by atoms with Crippen molar-refractivity contribution in [1.29, 1.82) is 0 Å². The number of nitrogens with one attached hydrogen (secondary N) is 1. The quantitative estimate of drug-likeness (QED) is 0.616. The van der Waals surface area contributed by atoms with Crippen LogP contribution in [0.4, 0.5) is 4.39 Å². The van der Waals surface area contributed by atoms with Gasteiger partial charge in [-0.2, -0.15) is 0 Å². The standard InChI is InChI=1S/C21H23FN4OS/c1-14-6-4-5-7-18(14)19-24-25-21(26(19)3)28-15(2)20(27)23-13-12-16-8-10-17(22)11-9-16/h4-11,15H,12-13H2,1-3H3,(H,23,27)/t15-/m0/s1. The van der Waals surface area contributed by atoms with Crippen molar-refractivity contribution in [2.24, 2.45) is 7.05 Å². The number of aromatic nitrogens is 3. The molecule has 0 aliphatic carbocycles. The highest BCUT2D eigenvalue weighted by molar-refractivity contribution is 8.00. The summed E-state index contributed by atoms with van der Waals surface area (Å²) < 4.78 is 14.8. The van der Waals surface area contributed by atoms with E-state index in [-0.39, 0.29) is 17.0 Å². The number of hydrogen-bond acceptors (Lipinski definition) is 4. The van der Waals surface area contributed by atoms with Crippen LogP contribution in [0.1, 0.15) is 18.1 Å². The molecule has 0 radical (unpaired) electrons. The number of hydrogen-bond donors (Lipinski definition) is 1. The van der Waals surface area contributed by atoms with Crippen LogP contribution in [0.25, 0.3) is 11.4 Å². The number of aryl methyl sites for hydroxylation is 1. The Balaban J connectivity index is 1.57. The molecular formula is C21H23FN4OS. The van der Waals surface area contributed by atoms with E-state index in [1.807, 2.05) is 49.7 Å². The van der Waals surface area contributed by atoms with Crippen LogP contribution in [-0.4, -0.2) is 32.5 Å². The molecule has 3 rings (SSSR count). The van der Waals surface area contributed by atoms with Gasteiger partial charge in [-0.3, -0.25) is 4.79 Å². The van der Waals surface area contributed by atoms with Crippen LogP contribution in [0.5, 0.6) is 0 Å². The van der Waals surface area contributed by atoms with Crippen molar-refractivity contribution < 1.29 is 9.18 Å².